The van der Waals surface area contributed by atoms with Gasteiger partial charge in [0, 0.05) is 18.3 Å². The lowest BCUT2D eigenvalue weighted by atomic mass is 10.0. The zero-order valence-corrected chi connectivity index (χ0v) is 11.1. The molecule has 102 valence electrons. The highest BCUT2D eigenvalue weighted by Crippen LogP contribution is 2.24. The van der Waals surface area contributed by atoms with Crippen LogP contribution in [0.15, 0.2) is 24.5 Å². The van der Waals surface area contributed by atoms with Gasteiger partial charge in [-0.15, -0.1) is 0 Å². The molecule has 0 radical (unpaired) electrons. The highest BCUT2D eigenvalue weighted by atomic mass is 19.1. The minimum absolute atomic E-state index is 0.382. The molecular weight excluding hydrogens is 245 g/mol. The highest BCUT2D eigenvalue weighted by molar-refractivity contribution is 5.28. The van der Waals surface area contributed by atoms with E-state index in [9.17, 15) is 4.39 Å². The first-order valence-electron chi connectivity index (χ1n) is 6.33. The van der Waals surface area contributed by atoms with Gasteiger partial charge in [-0.3, -0.25) is 15.5 Å². The van der Waals surface area contributed by atoms with Crippen molar-refractivity contribution in [2.45, 2.75) is 32.9 Å². The predicted molar refractivity (Wildman–Crippen MR) is 70.6 cm³/mol. The molecule has 0 aliphatic rings. The molecule has 0 fully saturated rings. The van der Waals surface area contributed by atoms with E-state index in [1.807, 2.05) is 24.6 Å². The van der Waals surface area contributed by atoms with Crippen LogP contribution in [0.1, 0.15) is 36.8 Å². The average molecular weight is 263 g/mol. The van der Waals surface area contributed by atoms with E-state index in [0.29, 0.717) is 12.1 Å². The first-order chi connectivity index (χ1) is 9.21. The van der Waals surface area contributed by atoms with Gasteiger partial charge in [0.05, 0.1) is 23.6 Å². The van der Waals surface area contributed by atoms with Gasteiger partial charge < -0.3 is 0 Å². The fourth-order valence-electron chi connectivity index (χ4n) is 2.10. The molecule has 0 saturated carbocycles. The summed E-state index contributed by atoms with van der Waals surface area (Å²) in [6, 6.07) is 3.14. The van der Waals surface area contributed by atoms with Gasteiger partial charge in [-0.25, -0.2) is 9.82 Å². The number of nitrogens with zero attached hydrogens (tertiary/aromatic N) is 3. The van der Waals surface area contributed by atoms with E-state index in [1.54, 1.807) is 12.3 Å². The molecule has 2 heterocycles. The van der Waals surface area contributed by atoms with E-state index in [-0.39, 0.29) is 5.82 Å². The Hall–Kier alpha value is -1.79. The maximum atomic E-state index is 13.8. The van der Waals surface area contributed by atoms with Crippen molar-refractivity contribution in [2.75, 3.05) is 0 Å². The predicted octanol–water partition coefficient (Wildman–Crippen LogP) is 1.55. The molecule has 0 bridgehead atoms. The Morgan fingerprint density at radius 1 is 1.47 bits per heavy atom. The van der Waals surface area contributed by atoms with Gasteiger partial charge in [-0.1, -0.05) is 6.92 Å². The summed E-state index contributed by atoms with van der Waals surface area (Å²) < 4.78 is 15.7. The largest absolute Gasteiger partial charge is 0.271 e. The molecule has 0 spiro atoms. The minimum Gasteiger partial charge on any atom is -0.271 e. The summed E-state index contributed by atoms with van der Waals surface area (Å²) in [6.07, 6.45) is 3.57. The summed E-state index contributed by atoms with van der Waals surface area (Å²) in [5, 5.41) is 4.45. The topological polar surface area (TPSA) is 68.8 Å². The van der Waals surface area contributed by atoms with Gasteiger partial charge in [0.25, 0.3) is 0 Å². The Morgan fingerprint density at radius 2 is 2.26 bits per heavy atom. The highest BCUT2D eigenvalue weighted by Gasteiger charge is 2.21. The number of rotatable bonds is 5. The molecule has 19 heavy (non-hydrogen) atoms. The van der Waals surface area contributed by atoms with Crippen LogP contribution in [0.3, 0.4) is 0 Å². The molecule has 3 N–H and O–H groups in total. The Morgan fingerprint density at radius 3 is 2.84 bits per heavy atom. The van der Waals surface area contributed by atoms with E-state index < -0.39 is 6.04 Å². The maximum absolute atomic E-state index is 13.8. The van der Waals surface area contributed by atoms with Gasteiger partial charge >= 0.3 is 0 Å². The third kappa shape index (κ3) is 2.64. The Balaban J connectivity index is 2.47. The number of hydrazine groups is 1. The Bertz CT molecular complexity index is 552. The number of nitrogens with two attached hydrogens (primary N) is 1. The second-order valence-electron chi connectivity index (χ2n) is 4.23. The lowest BCUT2D eigenvalue weighted by Crippen LogP contribution is -2.31. The molecule has 0 aromatic carbocycles. The molecule has 6 heteroatoms. The molecule has 2 aromatic rings. The minimum atomic E-state index is -0.434. The van der Waals surface area contributed by atoms with Crippen LogP contribution in [0.25, 0.3) is 0 Å². The van der Waals surface area contributed by atoms with Crippen molar-refractivity contribution in [3.8, 4) is 0 Å². The monoisotopic (exact) mass is 263 g/mol. The van der Waals surface area contributed by atoms with E-state index in [1.165, 1.54) is 6.20 Å². The summed E-state index contributed by atoms with van der Waals surface area (Å²) >= 11 is 0. The summed E-state index contributed by atoms with van der Waals surface area (Å²) in [5.74, 6) is 5.22. The molecule has 5 nitrogen and oxygen atoms in total. The second kappa shape index (κ2) is 5.90. The normalized spacial score (nSPS) is 12.6. The van der Waals surface area contributed by atoms with Crippen molar-refractivity contribution < 1.29 is 4.39 Å². The van der Waals surface area contributed by atoms with Gasteiger partial charge in [0.1, 0.15) is 5.82 Å². The number of halogens is 1. The van der Waals surface area contributed by atoms with Crippen LogP contribution < -0.4 is 11.3 Å². The smallest absolute Gasteiger partial charge is 0.146 e. The number of aryl methyl sites for hydroxylation is 2. The van der Waals surface area contributed by atoms with Gasteiger partial charge in [0.15, 0.2) is 0 Å². The summed E-state index contributed by atoms with van der Waals surface area (Å²) in [4.78, 5) is 3.75. The number of aromatic nitrogens is 3. The zero-order valence-electron chi connectivity index (χ0n) is 11.1. The third-order valence-corrected chi connectivity index (χ3v) is 3.10. The fraction of sp³-hybridized carbons (Fsp3) is 0.385. The van der Waals surface area contributed by atoms with E-state index in [0.717, 1.165) is 17.8 Å². The van der Waals surface area contributed by atoms with Gasteiger partial charge in [-0.2, -0.15) is 5.10 Å². The number of hydrogen-bond acceptors (Lipinski definition) is 4. The van der Waals surface area contributed by atoms with Gasteiger partial charge in [-0.05, 0) is 25.5 Å². The van der Waals surface area contributed by atoms with Crippen molar-refractivity contribution in [1.82, 2.24) is 20.2 Å². The van der Waals surface area contributed by atoms with Crippen molar-refractivity contribution in [1.29, 1.82) is 0 Å². The van der Waals surface area contributed by atoms with Crippen LogP contribution in [0.5, 0.6) is 0 Å². The van der Waals surface area contributed by atoms with Crippen molar-refractivity contribution in [3.05, 3.63) is 47.3 Å². The summed E-state index contributed by atoms with van der Waals surface area (Å²) in [6.45, 7) is 4.73. The molecule has 2 rings (SSSR count). The first-order valence-corrected chi connectivity index (χ1v) is 6.33. The SMILES string of the molecule is CCc1cc(C(NN)c2ccncc2F)n(CC)n1. The number of hydrogen-bond donors (Lipinski definition) is 2. The molecule has 1 unspecified atom stereocenters. The number of nitrogens with one attached hydrogen (secondary N) is 1. The van der Waals surface area contributed by atoms with Gasteiger partial charge in [0.2, 0.25) is 0 Å². The van der Waals surface area contributed by atoms with E-state index in [4.69, 9.17) is 5.84 Å². The average Bonchev–Trinajstić information content (AvgIpc) is 2.85. The van der Waals surface area contributed by atoms with Crippen LogP contribution in [0, 0.1) is 5.82 Å². The molecule has 0 aliphatic heterocycles. The van der Waals surface area contributed by atoms with Crippen LogP contribution in [0.4, 0.5) is 4.39 Å². The van der Waals surface area contributed by atoms with Crippen molar-refractivity contribution in [3.63, 3.8) is 0 Å². The summed E-state index contributed by atoms with van der Waals surface area (Å²) in [7, 11) is 0. The zero-order chi connectivity index (χ0) is 13.8. The standard InChI is InChI=1S/C13H18FN5/c1-3-9-7-12(19(4-2)18-9)13(17-15)10-5-6-16-8-11(10)14/h5-8,13,17H,3-4,15H2,1-2H3. The van der Waals surface area contributed by atoms with Crippen LogP contribution in [-0.2, 0) is 13.0 Å². The molecule has 0 amide bonds. The summed E-state index contributed by atoms with van der Waals surface area (Å²) in [5.41, 5.74) is 4.94. The first kappa shape index (κ1) is 13.6. The second-order valence-corrected chi connectivity index (χ2v) is 4.23. The maximum Gasteiger partial charge on any atom is 0.146 e. The van der Waals surface area contributed by atoms with Crippen LogP contribution >= 0.6 is 0 Å². The van der Waals surface area contributed by atoms with E-state index in [2.05, 4.69) is 15.5 Å². The lowest BCUT2D eigenvalue weighted by molar-refractivity contribution is 0.513. The quantitative estimate of drug-likeness (QED) is 0.634. The molecule has 0 aliphatic carbocycles. The molecule has 0 saturated heterocycles. The fourth-order valence-corrected chi connectivity index (χ4v) is 2.10. The molecule has 2 aromatic heterocycles. The lowest BCUT2D eigenvalue weighted by Gasteiger charge is -2.17. The van der Waals surface area contributed by atoms with Crippen LogP contribution in [-0.4, -0.2) is 14.8 Å². The Kier molecular flexibility index (Phi) is 4.24. The van der Waals surface area contributed by atoms with Crippen molar-refractivity contribution in [2.24, 2.45) is 5.84 Å². The molecular formula is C13H18FN5. The molecule has 1 atom stereocenters. The Labute approximate surface area is 111 Å². The number of pyridine rings is 1. The van der Waals surface area contributed by atoms with Crippen molar-refractivity contribution >= 4 is 0 Å². The van der Waals surface area contributed by atoms with E-state index >= 15 is 0 Å². The van der Waals surface area contributed by atoms with Crippen LogP contribution in [0.2, 0.25) is 0 Å². The third-order valence-electron chi connectivity index (χ3n) is 3.10.